The Morgan fingerprint density at radius 2 is 2.00 bits per heavy atom. The molecule has 4 aliphatic rings. The molecule has 3 aliphatic carbocycles. The lowest BCUT2D eigenvalue weighted by Crippen LogP contribution is -2.69. The fourth-order valence-corrected chi connectivity index (χ4v) is 5.89. The first-order valence-electron chi connectivity index (χ1n) is 10.6. The molecule has 2 aromatic heterocycles. The summed E-state index contributed by atoms with van der Waals surface area (Å²) in [7, 11) is 0. The molecule has 3 heterocycles. The van der Waals surface area contributed by atoms with Crippen molar-refractivity contribution in [2.75, 3.05) is 13.2 Å². The molecular formula is C23H22F2N4O2. The minimum absolute atomic E-state index is 0.00435. The zero-order chi connectivity index (χ0) is 21.2. The van der Waals surface area contributed by atoms with Crippen LogP contribution < -0.4 is 4.74 Å². The highest BCUT2D eigenvalue weighted by molar-refractivity contribution is 5.87. The molecule has 160 valence electrons. The smallest absolute Gasteiger partial charge is 0.229 e. The van der Waals surface area contributed by atoms with Crippen LogP contribution in [-0.4, -0.2) is 44.7 Å². The number of fused-ring (bicyclic) bond motifs is 1. The van der Waals surface area contributed by atoms with Crippen LogP contribution in [0, 0.1) is 16.6 Å². The molecule has 0 N–H and O–H groups in total. The number of carbonyl (C=O) groups is 1. The highest BCUT2D eigenvalue weighted by Gasteiger charge is 2.72. The van der Waals surface area contributed by atoms with Gasteiger partial charge in [0.25, 0.3) is 0 Å². The second kappa shape index (κ2) is 6.48. The first kappa shape index (κ1) is 18.7. The number of likely N-dealkylation sites (tertiary alicyclic amines) is 1. The lowest BCUT2D eigenvalue weighted by atomic mass is 9.35. The van der Waals surface area contributed by atoms with E-state index in [9.17, 15) is 13.6 Å². The van der Waals surface area contributed by atoms with Crippen LogP contribution >= 0.6 is 0 Å². The first-order chi connectivity index (χ1) is 15.0. The standard InChI is InChI=1S/C23H22F2N4O2/c24-16-4-1-3-15(7-16)18-8-17(25)9-28(18)21(30)23-10-22(11-23,12-23)13-31-20-6-2-5-19-27-26-14-29(19)20/h1-7,14,17-18H,8-13H2. The van der Waals surface area contributed by atoms with E-state index in [1.165, 1.54) is 12.1 Å². The molecular weight excluding hydrogens is 402 g/mol. The SMILES string of the molecule is O=C(N1CC(F)CC1c1cccc(F)c1)C12CC(COc3cccc4nncn34)(C1)C2. The monoisotopic (exact) mass is 424 g/mol. The minimum atomic E-state index is -1.08. The van der Waals surface area contributed by atoms with Gasteiger partial charge in [0, 0.05) is 11.8 Å². The van der Waals surface area contributed by atoms with Crippen molar-refractivity contribution < 1.29 is 18.3 Å². The highest BCUT2D eigenvalue weighted by atomic mass is 19.1. The van der Waals surface area contributed by atoms with E-state index < -0.39 is 17.6 Å². The van der Waals surface area contributed by atoms with Crippen molar-refractivity contribution in [3.05, 3.63) is 60.2 Å². The molecule has 2 unspecified atom stereocenters. The highest BCUT2D eigenvalue weighted by Crippen LogP contribution is 2.74. The number of hydrogen-bond donors (Lipinski definition) is 0. The van der Waals surface area contributed by atoms with Gasteiger partial charge in [0.05, 0.1) is 24.6 Å². The number of ether oxygens (including phenoxy) is 1. The fourth-order valence-electron chi connectivity index (χ4n) is 5.89. The van der Waals surface area contributed by atoms with E-state index in [0.717, 1.165) is 24.9 Å². The number of halogens is 2. The number of pyridine rings is 1. The average Bonchev–Trinajstić information content (AvgIpc) is 3.32. The minimum Gasteiger partial charge on any atom is -0.478 e. The van der Waals surface area contributed by atoms with E-state index in [1.807, 2.05) is 18.2 Å². The lowest BCUT2D eigenvalue weighted by Gasteiger charge is -2.69. The zero-order valence-electron chi connectivity index (χ0n) is 16.9. The second-order valence-corrected chi connectivity index (χ2v) is 9.38. The molecule has 1 aromatic carbocycles. The summed E-state index contributed by atoms with van der Waals surface area (Å²) in [5, 5.41) is 7.92. The maximum atomic E-state index is 14.3. The number of carbonyl (C=O) groups excluding carboxylic acids is 1. The molecule has 3 aromatic rings. The van der Waals surface area contributed by atoms with Crippen LogP contribution in [0.25, 0.3) is 5.65 Å². The van der Waals surface area contributed by atoms with Crippen molar-refractivity contribution in [1.29, 1.82) is 0 Å². The molecule has 3 saturated carbocycles. The molecule has 6 nitrogen and oxygen atoms in total. The van der Waals surface area contributed by atoms with Gasteiger partial charge in [0.2, 0.25) is 11.8 Å². The number of rotatable bonds is 5. The Morgan fingerprint density at radius 3 is 2.81 bits per heavy atom. The molecule has 1 saturated heterocycles. The summed E-state index contributed by atoms with van der Waals surface area (Å²) in [6, 6.07) is 11.4. The Hall–Kier alpha value is -3.03. The Kier molecular flexibility index (Phi) is 3.91. The Labute approximate surface area is 177 Å². The third-order valence-corrected chi connectivity index (χ3v) is 7.16. The molecule has 2 atom stereocenters. The Morgan fingerprint density at radius 1 is 1.19 bits per heavy atom. The normalized spacial score (nSPS) is 31.4. The van der Waals surface area contributed by atoms with Gasteiger partial charge in [0.15, 0.2) is 5.65 Å². The lowest BCUT2D eigenvalue weighted by molar-refractivity contribution is -0.226. The van der Waals surface area contributed by atoms with E-state index in [1.54, 1.807) is 27.8 Å². The van der Waals surface area contributed by atoms with Crippen molar-refractivity contribution in [2.45, 2.75) is 37.9 Å². The fraction of sp³-hybridized carbons (Fsp3) is 0.435. The number of alkyl halides is 1. The van der Waals surface area contributed by atoms with Gasteiger partial charge < -0.3 is 9.64 Å². The van der Waals surface area contributed by atoms with Crippen LogP contribution in [0.4, 0.5) is 8.78 Å². The first-order valence-corrected chi connectivity index (χ1v) is 10.6. The second-order valence-electron chi connectivity index (χ2n) is 9.38. The Balaban J connectivity index is 1.13. The van der Waals surface area contributed by atoms with Gasteiger partial charge in [-0.3, -0.25) is 9.20 Å². The van der Waals surface area contributed by atoms with Crippen LogP contribution in [-0.2, 0) is 4.79 Å². The van der Waals surface area contributed by atoms with E-state index in [-0.39, 0.29) is 30.1 Å². The topological polar surface area (TPSA) is 59.7 Å². The van der Waals surface area contributed by atoms with E-state index in [0.29, 0.717) is 18.1 Å². The van der Waals surface area contributed by atoms with Crippen LogP contribution in [0.3, 0.4) is 0 Å². The molecule has 2 bridgehead atoms. The number of amides is 1. The number of nitrogens with zero attached hydrogens (tertiary/aromatic N) is 4. The van der Waals surface area contributed by atoms with Gasteiger partial charge in [-0.15, -0.1) is 10.2 Å². The average molecular weight is 424 g/mol. The summed E-state index contributed by atoms with van der Waals surface area (Å²) in [6.45, 7) is 0.610. The predicted octanol–water partition coefficient (Wildman–Crippen LogP) is 3.73. The molecule has 31 heavy (non-hydrogen) atoms. The van der Waals surface area contributed by atoms with Crippen LogP contribution in [0.15, 0.2) is 48.8 Å². The van der Waals surface area contributed by atoms with E-state index in [4.69, 9.17) is 4.74 Å². The molecule has 1 aliphatic heterocycles. The largest absolute Gasteiger partial charge is 0.478 e. The number of benzene rings is 1. The van der Waals surface area contributed by atoms with Crippen molar-refractivity contribution in [3.8, 4) is 5.88 Å². The van der Waals surface area contributed by atoms with Crippen molar-refractivity contribution in [1.82, 2.24) is 19.5 Å². The van der Waals surface area contributed by atoms with Gasteiger partial charge >= 0.3 is 0 Å². The van der Waals surface area contributed by atoms with Crippen LogP contribution in [0.2, 0.25) is 0 Å². The molecule has 4 fully saturated rings. The summed E-state index contributed by atoms with van der Waals surface area (Å²) in [4.78, 5) is 15.0. The molecule has 7 rings (SSSR count). The molecule has 0 radical (unpaired) electrons. The van der Waals surface area contributed by atoms with Crippen molar-refractivity contribution >= 4 is 11.6 Å². The third-order valence-electron chi connectivity index (χ3n) is 7.16. The van der Waals surface area contributed by atoms with E-state index >= 15 is 0 Å². The summed E-state index contributed by atoms with van der Waals surface area (Å²) >= 11 is 0. The third kappa shape index (κ3) is 2.84. The van der Waals surface area contributed by atoms with Crippen LogP contribution in [0.1, 0.15) is 37.3 Å². The molecule has 1 amide bonds. The van der Waals surface area contributed by atoms with Gasteiger partial charge in [-0.05, 0) is 49.1 Å². The Bertz CT molecular complexity index is 1160. The number of aromatic nitrogens is 3. The summed E-state index contributed by atoms with van der Waals surface area (Å²) < 4.78 is 35.8. The zero-order valence-corrected chi connectivity index (χ0v) is 16.9. The summed E-state index contributed by atoms with van der Waals surface area (Å²) in [5.41, 5.74) is 0.969. The van der Waals surface area contributed by atoms with Crippen LogP contribution in [0.5, 0.6) is 5.88 Å². The number of hydrogen-bond acceptors (Lipinski definition) is 4. The van der Waals surface area contributed by atoms with Crippen molar-refractivity contribution in [2.24, 2.45) is 10.8 Å². The quantitative estimate of drug-likeness (QED) is 0.626. The summed E-state index contributed by atoms with van der Waals surface area (Å²) in [6.07, 6.45) is 3.01. The molecule has 0 spiro atoms. The molecule has 8 heteroatoms. The predicted molar refractivity (Wildman–Crippen MR) is 108 cm³/mol. The van der Waals surface area contributed by atoms with E-state index in [2.05, 4.69) is 10.2 Å². The van der Waals surface area contributed by atoms with Gasteiger partial charge in [-0.1, -0.05) is 18.2 Å². The maximum Gasteiger partial charge on any atom is 0.229 e. The van der Waals surface area contributed by atoms with Gasteiger partial charge in [0.1, 0.15) is 18.3 Å². The van der Waals surface area contributed by atoms with Crippen molar-refractivity contribution in [3.63, 3.8) is 0 Å². The maximum absolute atomic E-state index is 14.3. The summed E-state index contributed by atoms with van der Waals surface area (Å²) in [5.74, 6) is 0.320. The van der Waals surface area contributed by atoms with Gasteiger partial charge in [-0.25, -0.2) is 8.78 Å². The van der Waals surface area contributed by atoms with Gasteiger partial charge in [-0.2, -0.15) is 0 Å².